The average Bonchev–Trinajstić information content (AvgIpc) is 2.65. The lowest BCUT2D eigenvalue weighted by Crippen LogP contribution is -2.10. The molecule has 0 amide bonds. The van der Waals surface area contributed by atoms with Gasteiger partial charge in [-0.2, -0.15) is 0 Å². The Kier molecular flexibility index (Phi) is 3.15. The zero-order chi connectivity index (χ0) is 17.9. The number of hydrogen-bond donors (Lipinski definition) is 0. The van der Waals surface area contributed by atoms with Crippen LogP contribution in [0.3, 0.4) is 0 Å². The second-order valence-corrected chi connectivity index (χ2v) is 8.30. The van der Waals surface area contributed by atoms with E-state index in [1.807, 2.05) is 0 Å². The van der Waals surface area contributed by atoms with Crippen LogP contribution in [0.2, 0.25) is 0 Å². The maximum atomic E-state index is 2.35. The molecule has 0 aliphatic rings. The van der Waals surface area contributed by atoms with Gasteiger partial charge in [0.15, 0.2) is 0 Å². The molecule has 5 aromatic rings. The lowest BCUT2D eigenvalue weighted by atomic mass is 9.84. The summed E-state index contributed by atoms with van der Waals surface area (Å²) in [7, 11) is 0. The molecule has 0 saturated carbocycles. The molecule has 0 saturated heterocycles. The second-order valence-electron chi connectivity index (χ2n) is 8.30. The van der Waals surface area contributed by atoms with Gasteiger partial charge in [-0.05, 0) is 54.4 Å². The van der Waals surface area contributed by atoms with Gasteiger partial charge in [0.1, 0.15) is 0 Å². The lowest BCUT2D eigenvalue weighted by molar-refractivity contribution is 0.590. The minimum absolute atomic E-state index is 0.153. The van der Waals surface area contributed by atoms with E-state index >= 15 is 0 Å². The molecular weight excluding hydrogens is 312 g/mol. The van der Waals surface area contributed by atoms with Crippen molar-refractivity contribution in [2.45, 2.75) is 26.2 Å². The SMILES string of the molecule is CC(C)(C)c1cccc(-c2ccc3ccc4cccc5ccc2c3c45)c1. The topological polar surface area (TPSA) is 0 Å². The first-order chi connectivity index (χ1) is 12.5. The van der Waals surface area contributed by atoms with Gasteiger partial charge in [0.2, 0.25) is 0 Å². The van der Waals surface area contributed by atoms with Gasteiger partial charge in [-0.3, -0.25) is 0 Å². The standard InChI is InChI=1S/C26H22/c1-26(2,3)21-9-5-8-20(16-21)22-14-12-19-11-10-17-6-4-7-18-13-15-23(22)25(19)24(17)18/h4-16H,1-3H3. The summed E-state index contributed by atoms with van der Waals surface area (Å²) >= 11 is 0. The molecule has 0 bridgehead atoms. The maximum Gasteiger partial charge on any atom is -0.00206 e. The van der Waals surface area contributed by atoms with Crippen molar-refractivity contribution in [2.75, 3.05) is 0 Å². The molecule has 0 atom stereocenters. The fourth-order valence-corrected chi connectivity index (χ4v) is 4.14. The van der Waals surface area contributed by atoms with E-state index in [4.69, 9.17) is 0 Å². The summed E-state index contributed by atoms with van der Waals surface area (Å²) in [6, 6.07) is 29.2. The fourth-order valence-electron chi connectivity index (χ4n) is 4.14. The van der Waals surface area contributed by atoms with Gasteiger partial charge < -0.3 is 0 Å². The highest BCUT2D eigenvalue weighted by Gasteiger charge is 2.16. The van der Waals surface area contributed by atoms with E-state index in [-0.39, 0.29) is 5.41 Å². The van der Waals surface area contributed by atoms with Crippen molar-refractivity contribution in [3.8, 4) is 11.1 Å². The van der Waals surface area contributed by atoms with Crippen molar-refractivity contribution in [3.63, 3.8) is 0 Å². The van der Waals surface area contributed by atoms with Crippen molar-refractivity contribution >= 4 is 32.3 Å². The Hall–Kier alpha value is -2.86. The van der Waals surface area contributed by atoms with Gasteiger partial charge in [0.05, 0.1) is 0 Å². The van der Waals surface area contributed by atoms with Gasteiger partial charge in [-0.15, -0.1) is 0 Å². The first kappa shape index (κ1) is 15.4. The molecule has 0 heterocycles. The maximum absolute atomic E-state index is 2.35. The molecule has 26 heavy (non-hydrogen) atoms. The van der Waals surface area contributed by atoms with Crippen molar-refractivity contribution in [1.82, 2.24) is 0 Å². The van der Waals surface area contributed by atoms with Crippen LogP contribution < -0.4 is 0 Å². The summed E-state index contributed by atoms with van der Waals surface area (Å²) in [5, 5.41) is 8.08. The zero-order valence-electron chi connectivity index (χ0n) is 15.5. The predicted octanol–water partition coefficient (Wildman–Crippen LogP) is 7.55. The Balaban J connectivity index is 1.87. The summed E-state index contributed by atoms with van der Waals surface area (Å²) in [6.45, 7) is 6.82. The third-order valence-electron chi connectivity index (χ3n) is 5.57. The minimum atomic E-state index is 0.153. The Bertz CT molecular complexity index is 1240. The van der Waals surface area contributed by atoms with Crippen LogP contribution in [0.4, 0.5) is 0 Å². The summed E-state index contributed by atoms with van der Waals surface area (Å²) in [4.78, 5) is 0. The third-order valence-corrected chi connectivity index (χ3v) is 5.57. The number of benzene rings is 5. The molecule has 0 fully saturated rings. The summed E-state index contributed by atoms with van der Waals surface area (Å²) < 4.78 is 0. The normalized spacial score (nSPS) is 12.4. The largest absolute Gasteiger partial charge is 0.0614 e. The van der Waals surface area contributed by atoms with Gasteiger partial charge >= 0.3 is 0 Å². The molecule has 0 heteroatoms. The van der Waals surface area contributed by atoms with Gasteiger partial charge in [-0.1, -0.05) is 99.6 Å². The van der Waals surface area contributed by atoms with Crippen LogP contribution in [0.25, 0.3) is 43.4 Å². The van der Waals surface area contributed by atoms with E-state index in [0.29, 0.717) is 0 Å². The molecule has 0 N–H and O–H groups in total. The van der Waals surface area contributed by atoms with Crippen LogP contribution in [0.15, 0.2) is 78.9 Å². The lowest BCUT2D eigenvalue weighted by Gasteiger charge is -2.20. The van der Waals surface area contributed by atoms with Crippen molar-refractivity contribution in [1.29, 1.82) is 0 Å². The molecule has 0 aliphatic carbocycles. The zero-order valence-corrected chi connectivity index (χ0v) is 15.5. The molecule has 0 aromatic heterocycles. The van der Waals surface area contributed by atoms with E-state index in [0.717, 1.165) is 0 Å². The first-order valence-electron chi connectivity index (χ1n) is 9.30. The minimum Gasteiger partial charge on any atom is -0.0614 e. The molecule has 126 valence electrons. The highest BCUT2D eigenvalue weighted by Crippen LogP contribution is 2.39. The smallest absolute Gasteiger partial charge is 0.00206 e. The summed E-state index contributed by atoms with van der Waals surface area (Å²) in [5.74, 6) is 0. The third kappa shape index (κ3) is 2.22. The molecular formula is C26H22. The number of rotatable bonds is 1. The number of hydrogen-bond acceptors (Lipinski definition) is 0. The molecule has 0 nitrogen and oxygen atoms in total. The van der Waals surface area contributed by atoms with E-state index in [2.05, 4.69) is 99.6 Å². The summed E-state index contributed by atoms with van der Waals surface area (Å²) in [6.07, 6.45) is 0. The second kappa shape index (κ2) is 5.32. The molecule has 5 aromatic carbocycles. The summed E-state index contributed by atoms with van der Waals surface area (Å²) in [5.41, 5.74) is 4.15. The van der Waals surface area contributed by atoms with Crippen LogP contribution >= 0.6 is 0 Å². The Morgan fingerprint density at radius 2 is 1.19 bits per heavy atom. The van der Waals surface area contributed by atoms with Gasteiger partial charge in [0.25, 0.3) is 0 Å². The fraction of sp³-hybridized carbons (Fsp3) is 0.154. The van der Waals surface area contributed by atoms with E-state index in [9.17, 15) is 0 Å². The Morgan fingerprint density at radius 3 is 1.92 bits per heavy atom. The highest BCUT2D eigenvalue weighted by molar-refractivity contribution is 6.25. The monoisotopic (exact) mass is 334 g/mol. The van der Waals surface area contributed by atoms with Gasteiger partial charge in [-0.25, -0.2) is 0 Å². The van der Waals surface area contributed by atoms with E-state index < -0.39 is 0 Å². The van der Waals surface area contributed by atoms with Crippen LogP contribution in [0, 0.1) is 0 Å². The highest BCUT2D eigenvalue weighted by atomic mass is 14.2. The molecule has 0 radical (unpaired) electrons. The quantitative estimate of drug-likeness (QED) is 0.278. The Labute approximate surface area is 154 Å². The van der Waals surface area contributed by atoms with Crippen LogP contribution in [0.5, 0.6) is 0 Å². The average molecular weight is 334 g/mol. The molecule has 0 unspecified atom stereocenters. The van der Waals surface area contributed by atoms with Crippen molar-refractivity contribution in [2.24, 2.45) is 0 Å². The molecule has 0 aliphatic heterocycles. The Morgan fingerprint density at radius 1 is 0.577 bits per heavy atom. The molecule has 0 spiro atoms. The predicted molar refractivity (Wildman–Crippen MR) is 114 cm³/mol. The van der Waals surface area contributed by atoms with E-state index in [1.54, 1.807) is 0 Å². The van der Waals surface area contributed by atoms with E-state index in [1.165, 1.54) is 49.0 Å². The van der Waals surface area contributed by atoms with Crippen LogP contribution in [-0.4, -0.2) is 0 Å². The first-order valence-corrected chi connectivity index (χ1v) is 9.30. The van der Waals surface area contributed by atoms with Crippen LogP contribution in [0.1, 0.15) is 26.3 Å². The van der Waals surface area contributed by atoms with Gasteiger partial charge in [0, 0.05) is 0 Å². The van der Waals surface area contributed by atoms with Crippen LogP contribution in [-0.2, 0) is 5.41 Å². The molecule has 5 rings (SSSR count). The van der Waals surface area contributed by atoms with Crippen molar-refractivity contribution < 1.29 is 0 Å². The van der Waals surface area contributed by atoms with Crippen molar-refractivity contribution in [3.05, 3.63) is 84.4 Å².